The van der Waals surface area contributed by atoms with E-state index in [1.807, 2.05) is 24.3 Å². The Balaban J connectivity index is 1.44. The van der Waals surface area contributed by atoms with E-state index in [-0.39, 0.29) is 5.41 Å². The standard InChI is InChI=1S/C33H26N2O/c1-33(2)29-9-5-3-7-25(29)26-17-15-24(20-30(26)33)35(22-13-11-21(34)12-14-22)23-16-18-32-28(19-23)27-8-4-6-10-31(27)36-32/h3-20H,34H2,1-2H3. The minimum absolute atomic E-state index is 0.0700. The molecule has 0 amide bonds. The van der Waals surface area contributed by atoms with Gasteiger partial charge in [-0.2, -0.15) is 0 Å². The fourth-order valence-corrected chi connectivity index (χ4v) is 5.76. The zero-order chi connectivity index (χ0) is 24.4. The predicted octanol–water partition coefficient (Wildman–Crippen LogP) is 8.94. The number of fused-ring (bicyclic) bond motifs is 6. The van der Waals surface area contributed by atoms with Gasteiger partial charge in [-0.1, -0.05) is 62.4 Å². The van der Waals surface area contributed by atoms with E-state index in [4.69, 9.17) is 10.2 Å². The molecule has 36 heavy (non-hydrogen) atoms. The van der Waals surface area contributed by atoms with E-state index in [0.717, 1.165) is 44.7 Å². The number of hydrogen-bond donors (Lipinski definition) is 1. The van der Waals surface area contributed by atoms with E-state index in [2.05, 4.69) is 104 Å². The Morgan fingerprint density at radius 3 is 2.08 bits per heavy atom. The van der Waals surface area contributed by atoms with E-state index in [1.54, 1.807) is 0 Å². The fraction of sp³-hybridized carbons (Fsp3) is 0.0909. The largest absolute Gasteiger partial charge is 0.456 e. The summed E-state index contributed by atoms with van der Waals surface area (Å²) >= 11 is 0. The van der Waals surface area contributed by atoms with Gasteiger partial charge in [0.2, 0.25) is 0 Å². The molecule has 2 N–H and O–H groups in total. The summed E-state index contributed by atoms with van der Waals surface area (Å²) in [7, 11) is 0. The lowest BCUT2D eigenvalue weighted by atomic mass is 9.82. The Morgan fingerprint density at radius 2 is 1.22 bits per heavy atom. The second kappa shape index (κ2) is 7.50. The molecule has 6 aromatic rings. The fourth-order valence-electron chi connectivity index (χ4n) is 5.76. The zero-order valence-electron chi connectivity index (χ0n) is 20.3. The highest BCUT2D eigenvalue weighted by molar-refractivity contribution is 6.06. The molecular formula is C33H26N2O. The molecule has 0 fully saturated rings. The van der Waals surface area contributed by atoms with Crippen LogP contribution in [0.25, 0.3) is 33.1 Å². The second-order valence-electron chi connectivity index (χ2n) is 10.1. The second-order valence-corrected chi connectivity index (χ2v) is 10.1. The number of nitrogen functional groups attached to an aromatic ring is 1. The third kappa shape index (κ3) is 2.99. The summed E-state index contributed by atoms with van der Waals surface area (Å²) in [6.45, 7) is 4.64. The Morgan fingerprint density at radius 1 is 0.583 bits per heavy atom. The van der Waals surface area contributed by atoms with Crippen molar-refractivity contribution in [1.29, 1.82) is 0 Å². The van der Waals surface area contributed by atoms with Gasteiger partial charge in [-0.25, -0.2) is 0 Å². The lowest BCUT2D eigenvalue weighted by molar-refractivity contribution is 0.660. The quantitative estimate of drug-likeness (QED) is 0.265. The van der Waals surface area contributed by atoms with Crippen LogP contribution in [0.4, 0.5) is 22.7 Å². The first-order valence-corrected chi connectivity index (χ1v) is 12.3. The SMILES string of the molecule is CC1(C)c2ccccc2-c2ccc(N(c3ccc(N)cc3)c3ccc4oc5ccccc5c4c3)cc21. The van der Waals surface area contributed by atoms with Crippen LogP contribution in [-0.2, 0) is 5.41 Å². The van der Waals surface area contributed by atoms with Crippen molar-refractivity contribution in [3.05, 3.63) is 120 Å². The number of nitrogens with two attached hydrogens (primary N) is 1. The minimum atomic E-state index is -0.0700. The van der Waals surface area contributed by atoms with Crippen LogP contribution in [0.15, 0.2) is 114 Å². The molecule has 0 saturated carbocycles. The van der Waals surface area contributed by atoms with Crippen LogP contribution in [0.1, 0.15) is 25.0 Å². The minimum Gasteiger partial charge on any atom is -0.456 e. The maximum Gasteiger partial charge on any atom is 0.135 e. The molecule has 0 saturated heterocycles. The first kappa shape index (κ1) is 20.8. The van der Waals surface area contributed by atoms with Crippen molar-refractivity contribution in [2.24, 2.45) is 0 Å². The number of hydrogen-bond acceptors (Lipinski definition) is 3. The summed E-state index contributed by atoms with van der Waals surface area (Å²) < 4.78 is 6.10. The summed E-state index contributed by atoms with van der Waals surface area (Å²) in [6, 6.07) is 38.3. The van der Waals surface area contributed by atoms with Gasteiger partial charge in [0.15, 0.2) is 0 Å². The highest BCUT2D eigenvalue weighted by Crippen LogP contribution is 2.50. The van der Waals surface area contributed by atoms with Crippen molar-refractivity contribution in [2.75, 3.05) is 10.6 Å². The summed E-state index contributed by atoms with van der Waals surface area (Å²) in [5.41, 5.74) is 17.1. The highest BCUT2D eigenvalue weighted by Gasteiger charge is 2.35. The lowest BCUT2D eigenvalue weighted by Gasteiger charge is -2.28. The Labute approximate surface area is 210 Å². The average Bonchev–Trinajstić information content (AvgIpc) is 3.38. The van der Waals surface area contributed by atoms with Crippen LogP contribution in [0, 0.1) is 0 Å². The van der Waals surface area contributed by atoms with Gasteiger partial charge >= 0.3 is 0 Å². The van der Waals surface area contributed by atoms with Gasteiger partial charge in [0.25, 0.3) is 0 Å². The maximum atomic E-state index is 6.10. The van der Waals surface area contributed by atoms with Crippen molar-refractivity contribution in [1.82, 2.24) is 0 Å². The summed E-state index contributed by atoms with van der Waals surface area (Å²) in [5, 5.41) is 2.23. The topological polar surface area (TPSA) is 42.4 Å². The molecule has 1 aliphatic carbocycles. The first-order valence-electron chi connectivity index (χ1n) is 12.3. The van der Waals surface area contributed by atoms with Gasteiger partial charge < -0.3 is 15.1 Å². The molecule has 3 nitrogen and oxygen atoms in total. The van der Waals surface area contributed by atoms with E-state index in [1.165, 1.54) is 22.3 Å². The van der Waals surface area contributed by atoms with Gasteiger partial charge in [-0.3, -0.25) is 0 Å². The van der Waals surface area contributed by atoms with Crippen molar-refractivity contribution < 1.29 is 4.42 Å². The Hall–Kier alpha value is -4.50. The third-order valence-electron chi connectivity index (χ3n) is 7.60. The van der Waals surface area contributed by atoms with Crippen LogP contribution in [0.3, 0.4) is 0 Å². The van der Waals surface area contributed by atoms with Crippen LogP contribution in [-0.4, -0.2) is 0 Å². The van der Waals surface area contributed by atoms with E-state index in [0.29, 0.717) is 0 Å². The van der Waals surface area contributed by atoms with Crippen molar-refractivity contribution in [3.63, 3.8) is 0 Å². The number of para-hydroxylation sites is 1. The predicted molar refractivity (Wildman–Crippen MR) is 150 cm³/mol. The molecule has 1 aliphatic rings. The van der Waals surface area contributed by atoms with Crippen LogP contribution in [0.5, 0.6) is 0 Å². The monoisotopic (exact) mass is 466 g/mol. The van der Waals surface area contributed by atoms with E-state index in [9.17, 15) is 0 Å². The molecule has 1 aromatic heterocycles. The summed E-state index contributed by atoms with van der Waals surface area (Å²) in [4.78, 5) is 2.31. The van der Waals surface area contributed by atoms with E-state index >= 15 is 0 Å². The van der Waals surface area contributed by atoms with Crippen LogP contribution >= 0.6 is 0 Å². The molecule has 5 aromatic carbocycles. The molecule has 0 atom stereocenters. The van der Waals surface area contributed by atoms with Gasteiger partial charge in [0.05, 0.1) is 0 Å². The number of nitrogens with zero attached hydrogens (tertiary/aromatic N) is 1. The molecule has 7 rings (SSSR count). The molecule has 0 aliphatic heterocycles. The van der Waals surface area contributed by atoms with Gasteiger partial charge in [-0.15, -0.1) is 0 Å². The molecule has 3 heteroatoms. The summed E-state index contributed by atoms with van der Waals surface area (Å²) in [6.07, 6.45) is 0. The number of rotatable bonds is 3. The van der Waals surface area contributed by atoms with Gasteiger partial charge in [0.1, 0.15) is 11.2 Å². The average molecular weight is 467 g/mol. The molecule has 1 heterocycles. The zero-order valence-corrected chi connectivity index (χ0v) is 20.3. The van der Waals surface area contributed by atoms with Crippen LogP contribution < -0.4 is 10.6 Å². The Kier molecular flexibility index (Phi) is 4.34. The van der Waals surface area contributed by atoms with Crippen molar-refractivity contribution in [3.8, 4) is 11.1 Å². The van der Waals surface area contributed by atoms with Gasteiger partial charge in [-0.05, 0) is 82.9 Å². The number of furan rings is 1. The van der Waals surface area contributed by atoms with Crippen molar-refractivity contribution >= 4 is 44.7 Å². The lowest BCUT2D eigenvalue weighted by Crippen LogP contribution is -2.16. The smallest absolute Gasteiger partial charge is 0.135 e. The van der Waals surface area contributed by atoms with Crippen LogP contribution in [0.2, 0.25) is 0 Å². The molecule has 0 bridgehead atoms. The summed E-state index contributed by atoms with van der Waals surface area (Å²) in [5.74, 6) is 0. The normalized spacial score (nSPS) is 13.6. The van der Waals surface area contributed by atoms with Gasteiger partial charge in [0, 0.05) is 38.9 Å². The molecule has 174 valence electrons. The van der Waals surface area contributed by atoms with Crippen molar-refractivity contribution in [2.45, 2.75) is 19.3 Å². The highest BCUT2D eigenvalue weighted by atomic mass is 16.3. The number of benzene rings is 5. The molecular weight excluding hydrogens is 440 g/mol. The molecule has 0 radical (unpaired) electrons. The first-order chi connectivity index (χ1) is 17.5. The third-order valence-corrected chi connectivity index (χ3v) is 7.60. The number of anilines is 4. The maximum absolute atomic E-state index is 6.10. The van der Waals surface area contributed by atoms with E-state index < -0.39 is 0 Å². The Bertz CT molecular complexity index is 1780. The molecule has 0 spiro atoms. The molecule has 0 unspecified atom stereocenters.